The van der Waals surface area contributed by atoms with Crippen LogP contribution in [0.2, 0.25) is 5.02 Å². The molecule has 0 aliphatic carbocycles. The Labute approximate surface area is 224 Å². The van der Waals surface area contributed by atoms with Crippen molar-refractivity contribution in [3.05, 3.63) is 113 Å². The third-order valence-electron chi connectivity index (χ3n) is 6.43. The van der Waals surface area contributed by atoms with E-state index in [4.69, 9.17) is 16.3 Å². The summed E-state index contributed by atoms with van der Waals surface area (Å²) in [6, 6.07) is 26.4. The lowest BCUT2D eigenvalue weighted by molar-refractivity contribution is 0.0687. The molecule has 5 aromatic rings. The zero-order chi connectivity index (χ0) is 27.0. The predicted molar refractivity (Wildman–Crippen MR) is 148 cm³/mol. The van der Waals surface area contributed by atoms with E-state index < -0.39 is 11.9 Å². The van der Waals surface area contributed by atoms with Crippen LogP contribution >= 0.6 is 11.6 Å². The summed E-state index contributed by atoms with van der Waals surface area (Å²) in [5.41, 5.74) is 3.87. The van der Waals surface area contributed by atoms with Crippen molar-refractivity contribution in [2.45, 2.75) is 19.8 Å². The van der Waals surface area contributed by atoms with Crippen molar-refractivity contribution in [3.8, 4) is 28.4 Å². The highest BCUT2D eigenvalue weighted by molar-refractivity contribution is 6.30. The van der Waals surface area contributed by atoms with Gasteiger partial charge in [-0.3, -0.25) is 0 Å². The molecule has 0 radical (unpaired) electrons. The Morgan fingerprint density at radius 2 is 1.42 bits per heavy atom. The lowest BCUT2D eigenvalue weighted by Crippen LogP contribution is -2.03. The van der Waals surface area contributed by atoms with Gasteiger partial charge in [-0.05, 0) is 83.8 Å². The zero-order valence-corrected chi connectivity index (χ0v) is 21.4. The molecule has 0 amide bonds. The normalized spacial score (nSPS) is 11.2. The molecule has 0 spiro atoms. The molecule has 0 aliphatic rings. The van der Waals surface area contributed by atoms with Crippen LogP contribution in [0.1, 0.15) is 46.0 Å². The summed E-state index contributed by atoms with van der Waals surface area (Å²) in [6.07, 6.45) is 0. The highest BCUT2D eigenvalue weighted by Gasteiger charge is 2.25. The highest BCUT2D eigenvalue weighted by atomic mass is 35.5. The van der Waals surface area contributed by atoms with Crippen LogP contribution < -0.4 is 4.74 Å². The summed E-state index contributed by atoms with van der Waals surface area (Å²) < 4.78 is 7.89. The molecule has 0 aliphatic heterocycles. The minimum Gasteiger partial charge on any atom is -0.478 e. The molecule has 5 rings (SSSR count). The first-order chi connectivity index (χ1) is 18.2. The van der Waals surface area contributed by atoms with Gasteiger partial charge >= 0.3 is 11.9 Å². The summed E-state index contributed by atoms with van der Waals surface area (Å²) >= 11 is 5.98. The van der Waals surface area contributed by atoms with Crippen LogP contribution in [0.4, 0.5) is 0 Å². The van der Waals surface area contributed by atoms with Crippen molar-refractivity contribution in [1.29, 1.82) is 0 Å². The number of ether oxygens (including phenoxy) is 1. The Balaban J connectivity index is 1.75. The summed E-state index contributed by atoms with van der Waals surface area (Å²) in [6.45, 7) is 4.22. The minimum absolute atomic E-state index is 0.0950. The van der Waals surface area contributed by atoms with E-state index in [1.807, 2.05) is 34.9 Å². The molecule has 0 unspecified atom stereocenters. The van der Waals surface area contributed by atoms with Crippen LogP contribution in [-0.2, 0) is 0 Å². The van der Waals surface area contributed by atoms with Gasteiger partial charge in [-0.2, -0.15) is 0 Å². The second kappa shape index (κ2) is 10.1. The maximum Gasteiger partial charge on any atom is 0.338 e. The second-order valence-corrected chi connectivity index (χ2v) is 9.66. The Kier molecular flexibility index (Phi) is 6.66. The minimum atomic E-state index is -1.10. The highest BCUT2D eigenvalue weighted by Crippen LogP contribution is 2.39. The van der Waals surface area contributed by atoms with Gasteiger partial charge in [-0.15, -0.1) is 0 Å². The van der Waals surface area contributed by atoms with Crippen molar-refractivity contribution < 1.29 is 24.5 Å². The van der Waals surface area contributed by atoms with Gasteiger partial charge in [0.25, 0.3) is 0 Å². The van der Waals surface area contributed by atoms with Crippen LogP contribution in [0, 0.1) is 0 Å². The first-order valence-electron chi connectivity index (χ1n) is 12.0. The van der Waals surface area contributed by atoms with Crippen LogP contribution in [0.5, 0.6) is 11.5 Å². The number of fused-ring (bicyclic) bond motifs is 1. The van der Waals surface area contributed by atoms with Crippen LogP contribution in [0.15, 0.2) is 91.0 Å². The number of nitrogens with zero attached hydrogens (tertiary/aromatic N) is 1. The van der Waals surface area contributed by atoms with E-state index in [-0.39, 0.29) is 11.1 Å². The van der Waals surface area contributed by atoms with E-state index in [9.17, 15) is 19.8 Å². The van der Waals surface area contributed by atoms with Crippen LogP contribution in [-0.4, -0.2) is 26.7 Å². The van der Waals surface area contributed by atoms with Gasteiger partial charge in [0.05, 0.1) is 22.3 Å². The third kappa shape index (κ3) is 4.74. The van der Waals surface area contributed by atoms with E-state index in [0.717, 1.165) is 11.3 Å². The molecule has 0 fully saturated rings. The first kappa shape index (κ1) is 25.1. The van der Waals surface area contributed by atoms with Crippen LogP contribution in [0.3, 0.4) is 0 Å². The molecule has 0 atom stereocenters. The van der Waals surface area contributed by atoms with E-state index >= 15 is 0 Å². The maximum absolute atomic E-state index is 12.7. The number of aromatic carboxylic acids is 2. The zero-order valence-electron chi connectivity index (χ0n) is 20.7. The van der Waals surface area contributed by atoms with E-state index in [1.54, 1.807) is 48.5 Å². The quantitative estimate of drug-likeness (QED) is 0.223. The van der Waals surface area contributed by atoms with Gasteiger partial charge < -0.3 is 19.5 Å². The number of halogens is 1. The third-order valence-corrected chi connectivity index (χ3v) is 6.68. The number of hydrogen-bond donors (Lipinski definition) is 2. The number of hydrogen-bond acceptors (Lipinski definition) is 3. The fourth-order valence-electron chi connectivity index (χ4n) is 4.51. The Morgan fingerprint density at radius 3 is 2.00 bits per heavy atom. The van der Waals surface area contributed by atoms with Gasteiger partial charge in [-0.1, -0.05) is 49.7 Å². The maximum atomic E-state index is 12.7. The number of carboxylic acid groups (broad SMARTS) is 2. The standard InChI is InChI=1S/C31H24ClNO5/c1-18(2)19-7-11-23(12-8-19)33-27-16-15-25(38-24-13-9-22(32)10-14-24)17-26(27)28(31(36)37)29(33)20-3-5-21(6-4-20)30(34)35/h3-18H,1-2H3,(H,34,35)(H,36,37). The number of rotatable bonds is 7. The fourth-order valence-corrected chi connectivity index (χ4v) is 4.64. The largest absolute Gasteiger partial charge is 0.478 e. The summed E-state index contributed by atoms with van der Waals surface area (Å²) in [5, 5.41) is 20.8. The predicted octanol–water partition coefficient (Wildman–Crippen LogP) is 8.26. The Hall–Kier alpha value is -4.55. The SMILES string of the molecule is CC(C)c1ccc(-n2c(-c3ccc(C(=O)O)cc3)c(C(=O)O)c3cc(Oc4ccc(Cl)cc4)ccc32)cc1. The molecular formula is C31H24ClNO5. The smallest absolute Gasteiger partial charge is 0.338 e. The first-order valence-corrected chi connectivity index (χ1v) is 12.4. The fraction of sp³-hybridized carbons (Fsp3) is 0.0968. The van der Waals surface area contributed by atoms with Gasteiger partial charge in [0, 0.05) is 16.1 Å². The van der Waals surface area contributed by atoms with Gasteiger partial charge in [0.2, 0.25) is 0 Å². The molecule has 1 aromatic heterocycles. The Morgan fingerprint density at radius 1 is 0.789 bits per heavy atom. The van der Waals surface area contributed by atoms with E-state index in [2.05, 4.69) is 13.8 Å². The molecule has 6 nitrogen and oxygen atoms in total. The number of carbonyl (C=O) groups is 2. The van der Waals surface area contributed by atoms with Gasteiger partial charge in [0.15, 0.2) is 0 Å². The van der Waals surface area contributed by atoms with E-state index in [1.165, 1.54) is 12.1 Å². The summed E-state index contributed by atoms with van der Waals surface area (Å²) in [4.78, 5) is 24.1. The summed E-state index contributed by atoms with van der Waals surface area (Å²) in [5.74, 6) is -0.769. The number of benzene rings is 4. The van der Waals surface area contributed by atoms with Crippen molar-refractivity contribution in [2.75, 3.05) is 0 Å². The van der Waals surface area contributed by atoms with Crippen molar-refractivity contribution in [3.63, 3.8) is 0 Å². The molecule has 7 heteroatoms. The molecule has 190 valence electrons. The molecular weight excluding hydrogens is 502 g/mol. The molecule has 38 heavy (non-hydrogen) atoms. The van der Waals surface area contributed by atoms with Crippen molar-refractivity contribution in [2.24, 2.45) is 0 Å². The second-order valence-electron chi connectivity index (χ2n) is 9.23. The monoisotopic (exact) mass is 525 g/mol. The number of aromatic nitrogens is 1. The molecule has 0 bridgehead atoms. The topological polar surface area (TPSA) is 88.8 Å². The molecule has 0 saturated heterocycles. The molecule has 4 aromatic carbocycles. The van der Waals surface area contributed by atoms with Gasteiger partial charge in [0.1, 0.15) is 11.5 Å². The number of carboxylic acids is 2. The van der Waals surface area contributed by atoms with Crippen LogP contribution in [0.25, 0.3) is 27.8 Å². The molecule has 1 heterocycles. The lowest BCUT2D eigenvalue weighted by Gasteiger charge is -2.14. The Bertz CT molecular complexity index is 1650. The van der Waals surface area contributed by atoms with E-state index in [0.29, 0.717) is 44.6 Å². The van der Waals surface area contributed by atoms with Gasteiger partial charge in [-0.25, -0.2) is 9.59 Å². The van der Waals surface area contributed by atoms with Crippen molar-refractivity contribution in [1.82, 2.24) is 4.57 Å². The van der Waals surface area contributed by atoms with Crippen molar-refractivity contribution >= 4 is 34.4 Å². The summed E-state index contributed by atoms with van der Waals surface area (Å²) in [7, 11) is 0. The lowest BCUT2D eigenvalue weighted by atomic mass is 10.0. The average molecular weight is 526 g/mol. The molecule has 2 N–H and O–H groups in total. The average Bonchev–Trinajstić information content (AvgIpc) is 3.25. The molecule has 0 saturated carbocycles.